The number of esters is 1. The molecule has 0 saturated carbocycles. The predicted octanol–water partition coefficient (Wildman–Crippen LogP) is 4.36. The Kier molecular flexibility index (Phi) is 4.46. The van der Waals surface area contributed by atoms with Gasteiger partial charge in [-0.15, -0.1) is 0 Å². The fourth-order valence-corrected chi connectivity index (χ4v) is 2.68. The molecule has 1 aliphatic rings. The second-order valence-electron chi connectivity index (χ2n) is 4.78. The second kappa shape index (κ2) is 6.54. The number of cyclic esters (lactones) is 1. The fraction of sp³-hybridized carbons (Fsp3) is 0. The van der Waals surface area contributed by atoms with E-state index in [1.54, 1.807) is 30.3 Å². The molecule has 0 radical (unpaired) electrons. The van der Waals surface area contributed by atoms with Gasteiger partial charge in [0.1, 0.15) is 0 Å². The first-order valence-electron chi connectivity index (χ1n) is 6.67. The summed E-state index contributed by atoms with van der Waals surface area (Å²) in [6.07, 6.45) is 1.42. The summed E-state index contributed by atoms with van der Waals surface area (Å²) >= 11 is 9.17. The van der Waals surface area contributed by atoms with Gasteiger partial charge in [-0.25, -0.2) is 9.79 Å². The highest BCUT2D eigenvalue weighted by molar-refractivity contribution is 9.10. The van der Waals surface area contributed by atoms with Gasteiger partial charge in [-0.1, -0.05) is 29.8 Å². The maximum atomic E-state index is 12.0. The first kappa shape index (κ1) is 16.4. The Morgan fingerprint density at radius 2 is 2.00 bits per heavy atom. The number of benzene rings is 2. The SMILES string of the molecule is O=C1OC(c2ccccc2Cl)=N/C1=C\c1ccc(Br)c([N+](=O)[O-])c1. The Morgan fingerprint density at radius 1 is 1.25 bits per heavy atom. The third kappa shape index (κ3) is 3.22. The third-order valence-corrected chi connectivity index (χ3v) is 4.20. The molecule has 1 heterocycles. The van der Waals surface area contributed by atoms with E-state index in [-0.39, 0.29) is 17.3 Å². The van der Waals surface area contributed by atoms with Crippen LogP contribution in [0, 0.1) is 10.1 Å². The standard InChI is InChI=1S/C16H8BrClN2O4/c17-11-6-5-9(8-14(11)20(22)23)7-13-16(21)24-15(19-13)10-3-1-2-4-12(10)18/h1-8H/b13-7-. The first-order valence-corrected chi connectivity index (χ1v) is 7.84. The van der Waals surface area contributed by atoms with E-state index in [0.29, 0.717) is 20.6 Å². The monoisotopic (exact) mass is 406 g/mol. The number of carbonyl (C=O) groups excluding carboxylic acids is 1. The average Bonchev–Trinajstić information content (AvgIpc) is 2.90. The van der Waals surface area contributed by atoms with E-state index in [9.17, 15) is 14.9 Å². The van der Waals surface area contributed by atoms with Crippen molar-refractivity contribution in [3.05, 3.63) is 78.9 Å². The molecule has 0 bridgehead atoms. The number of ether oxygens (including phenoxy) is 1. The highest BCUT2D eigenvalue weighted by Gasteiger charge is 2.25. The van der Waals surface area contributed by atoms with Crippen molar-refractivity contribution in [2.45, 2.75) is 0 Å². The van der Waals surface area contributed by atoms with E-state index < -0.39 is 10.9 Å². The zero-order valence-electron chi connectivity index (χ0n) is 11.9. The van der Waals surface area contributed by atoms with Crippen molar-refractivity contribution in [2.24, 2.45) is 4.99 Å². The number of hydrogen-bond acceptors (Lipinski definition) is 5. The van der Waals surface area contributed by atoms with E-state index in [0.717, 1.165) is 0 Å². The van der Waals surface area contributed by atoms with Crippen LogP contribution in [-0.2, 0) is 9.53 Å². The van der Waals surface area contributed by atoms with Crippen molar-refractivity contribution in [1.29, 1.82) is 0 Å². The molecular weight excluding hydrogens is 400 g/mol. The number of halogens is 2. The molecule has 2 aromatic carbocycles. The van der Waals surface area contributed by atoms with E-state index >= 15 is 0 Å². The zero-order valence-corrected chi connectivity index (χ0v) is 14.2. The largest absolute Gasteiger partial charge is 0.402 e. The van der Waals surface area contributed by atoms with Gasteiger partial charge in [-0.05, 0) is 45.8 Å². The van der Waals surface area contributed by atoms with Gasteiger partial charge >= 0.3 is 5.97 Å². The molecule has 0 aliphatic carbocycles. The molecule has 0 atom stereocenters. The number of carbonyl (C=O) groups is 1. The summed E-state index contributed by atoms with van der Waals surface area (Å²) in [6.45, 7) is 0. The predicted molar refractivity (Wildman–Crippen MR) is 92.9 cm³/mol. The van der Waals surface area contributed by atoms with Crippen LogP contribution in [0.25, 0.3) is 6.08 Å². The van der Waals surface area contributed by atoms with Crippen molar-refractivity contribution < 1.29 is 14.5 Å². The highest BCUT2D eigenvalue weighted by atomic mass is 79.9. The summed E-state index contributed by atoms with van der Waals surface area (Å²) in [7, 11) is 0. The summed E-state index contributed by atoms with van der Waals surface area (Å²) in [4.78, 5) is 26.6. The number of nitrogens with zero attached hydrogens (tertiary/aromatic N) is 2. The molecule has 0 saturated heterocycles. The van der Waals surface area contributed by atoms with Crippen LogP contribution in [0.4, 0.5) is 5.69 Å². The molecule has 0 spiro atoms. The van der Waals surface area contributed by atoms with Crippen LogP contribution in [0.15, 0.2) is 57.6 Å². The minimum Gasteiger partial charge on any atom is -0.402 e. The molecule has 0 amide bonds. The van der Waals surface area contributed by atoms with Crippen molar-refractivity contribution in [2.75, 3.05) is 0 Å². The van der Waals surface area contributed by atoms with E-state index in [4.69, 9.17) is 16.3 Å². The molecule has 0 aromatic heterocycles. The average molecular weight is 408 g/mol. The zero-order chi connectivity index (χ0) is 17.3. The molecule has 6 nitrogen and oxygen atoms in total. The number of hydrogen-bond donors (Lipinski definition) is 0. The number of aliphatic imine (C=N–C) groups is 1. The quantitative estimate of drug-likeness (QED) is 0.328. The van der Waals surface area contributed by atoms with Gasteiger partial charge < -0.3 is 4.74 Å². The van der Waals surface area contributed by atoms with Crippen LogP contribution in [0.5, 0.6) is 0 Å². The van der Waals surface area contributed by atoms with Crippen molar-refractivity contribution in [3.8, 4) is 0 Å². The lowest BCUT2D eigenvalue weighted by molar-refractivity contribution is -0.385. The maximum Gasteiger partial charge on any atom is 0.363 e. The molecule has 2 aromatic rings. The van der Waals surface area contributed by atoms with Gasteiger partial charge in [0.05, 0.1) is 20.0 Å². The van der Waals surface area contributed by atoms with Gasteiger partial charge in [-0.2, -0.15) is 0 Å². The first-order chi connectivity index (χ1) is 11.5. The minimum atomic E-state index is -0.643. The molecule has 1 aliphatic heterocycles. The number of rotatable bonds is 3. The minimum absolute atomic E-state index is 0.0431. The van der Waals surface area contributed by atoms with E-state index in [1.807, 2.05) is 0 Å². The lowest BCUT2D eigenvalue weighted by atomic mass is 10.1. The third-order valence-electron chi connectivity index (χ3n) is 3.20. The molecule has 8 heteroatoms. The Bertz CT molecular complexity index is 924. The molecule has 24 heavy (non-hydrogen) atoms. The van der Waals surface area contributed by atoms with Gasteiger partial charge in [0, 0.05) is 6.07 Å². The molecule has 0 fully saturated rings. The van der Waals surface area contributed by atoms with Gasteiger partial charge in [0.25, 0.3) is 5.69 Å². The lowest BCUT2D eigenvalue weighted by Crippen LogP contribution is -2.05. The molecular formula is C16H8BrClN2O4. The summed E-state index contributed by atoms with van der Waals surface area (Å²) < 4.78 is 5.48. The topological polar surface area (TPSA) is 81.8 Å². The molecule has 0 unspecified atom stereocenters. The second-order valence-corrected chi connectivity index (χ2v) is 6.05. The van der Waals surface area contributed by atoms with Crippen LogP contribution < -0.4 is 0 Å². The van der Waals surface area contributed by atoms with Crippen LogP contribution in [0.2, 0.25) is 5.02 Å². The number of nitro groups is 1. The van der Waals surface area contributed by atoms with Crippen molar-refractivity contribution in [3.63, 3.8) is 0 Å². The summed E-state index contributed by atoms with van der Waals surface area (Å²) in [5.74, 6) is -0.543. The van der Waals surface area contributed by atoms with Crippen LogP contribution >= 0.6 is 27.5 Å². The summed E-state index contributed by atoms with van der Waals surface area (Å²) in [5, 5.41) is 11.4. The Balaban J connectivity index is 1.99. The Labute approximate surface area is 149 Å². The fourth-order valence-electron chi connectivity index (χ4n) is 2.08. The summed E-state index contributed by atoms with van der Waals surface area (Å²) in [6, 6.07) is 11.3. The molecule has 3 rings (SSSR count). The maximum absolute atomic E-state index is 12.0. The molecule has 0 N–H and O–H groups in total. The molecule has 120 valence electrons. The lowest BCUT2D eigenvalue weighted by Gasteiger charge is -2.00. The summed E-state index contributed by atoms with van der Waals surface area (Å²) in [5.41, 5.74) is 0.895. The van der Waals surface area contributed by atoms with Crippen LogP contribution in [-0.4, -0.2) is 16.8 Å². The van der Waals surface area contributed by atoms with Crippen molar-refractivity contribution >= 4 is 51.2 Å². The van der Waals surface area contributed by atoms with E-state index in [2.05, 4.69) is 20.9 Å². The van der Waals surface area contributed by atoms with E-state index in [1.165, 1.54) is 18.2 Å². The number of nitro benzene ring substituents is 1. The van der Waals surface area contributed by atoms with Gasteiger partial charge in [0.15, 0.2) is 5.70 Å². The van der Waals surface area contributed by atoms with Gasteiger partial charge in [0.2, 0.25) is 5.90 Å². The van der Waals surface area contributed by atoms with Crippen molar-refractivity contribution in [1.82, 2.24) is 0 Å². The van der Waals surface area contributed by atoms with Crippen LogP contribution in [0.1, 0.15) is 11.1 Å². The highest BCUT2D eigenvalue weighted by Crippen LogP contribution is 2.28. The smallest absolute Gasteiger partial charge is 0.363 e. The Morgan fingerprint density at radius 3 is 2.71 bits per heavy atom. The Hall–Kier alpha value is -2.51. The normalized spacial score (nSPS) is 15.3. The van der Waals surface area contributed by atoms with Gasteiger partial charge in [-0.3, -0.25) is 10.1 Å². The van der Waals surface area contributed by atoms with Crippen LogP contribution in [0.3, 0.4) is 0 Å².